The molecule has 4 N–H and O–H groups in total. The lowest BCUT2D eigenvalue weighted by Gasteiger charge is -2.28. The van der Waals surface area contributed by atoms with Crippen molar-refractivity contribution in [2.45, 2.75) is 56.7 Å². The zero-order chi connectivity index (χ0) is 14.4. The Hall–Kier alpha value is -1.39. The second-order valence-electron chi connectivity index (χ2n) is 5.58. The Morgan fingerprint density at radius 1 is 1.30 bits per heavy atom. The summed E-state index contributed by atoms with van der Waals surface area (Å²) in [5.74, 6) is -0.0117. The lowest BCUT2D eigenvalue weighted by Crippen LogP contribution is -2.45. The van der Waals surface area contributed by atoms with Crippen LogP contribution in [0.4, 0.5) is 0 Å². The summed E-state index contributed by atoms with van der Waals surface area (Å²) < 4.78 is 0. The summed E-state index contributed by atoms with van der Waals surface area (Å²) in [6.45, 7) is 0. The van der Waals surface area contributed by atoms with Crippen LogP contribution in [0.15, 0.2) is 30.3 Å². The van der Waals surface area contributed by atoms with Gasteiger partial charge in [0.05, 0.1) is 12.1 Å². The Kier molecular flexibility index (Phi) is 5.56. The molecule has 1 saturated carbocycles. The molecule has 0 heterocycles. The summed E-state index contributed by atoms with van der Waals surface area (Å²) in [6, 6.07) is 9.62. The average molecular weight is 276 g/mol. The first-order valence-electron chi connectivity index (χ1n) is 7.45. The van der Waals surface area contributed by atoms with Gasteiger partial charge in [-0.3, -0.25) is 4.79 Å². The van der Waals surface area contributed by atoms with Crippen molar-refractivity contribution in [3.05, 3.63) is 35.9 Å². The van der Waals surface area contributed by atoms with Gasteiger partial charge in [-0.2, -0.15) is 0 Å². The number of aliphatic hydroxyl groups is 1. The monoisotopic (exact) mass is 276 g/mol. The van der Waals surface area contributed by atoms with E-state index in [2.05, 4.69) is 5.32 Å². The lowest BCUT2D eigenvalue weighted by molar-refractivity contribution is -0.123. The van der Waals surface area contributed by atoms with Crippen molar-refractivity contribution in [1.82, 2.24) is 5.32 Å². The molecule has 20 heavy (non-hydrogen) atoms. The van der Waals surface area contributed by atoms with E-state index in [1.165, 1.54) is 0 Å². The van der Waals surface area contributed by atoms with Gasteiger partial charge >= 0.3 is 0 Å². The molecular weight excluding hydrogens is 252 g/mol. The van der Waals surface area contributed by atoms with E-state index in [9.17, 15) is 9.90 Å². The quantitative estimate of drug-likeness (QED) is 0.768. The van der Waals surface area contributed by atoms with E-state index >= 15 is 0 Å². The first-order valence-corrected chi connectivity index (χ1v) is 7.45. The van der Waals surface area contributed by atoms with Gasteiger partial charge in [0.2, 0.25) is 5.91 Å². The Bertz CT molecular complexity index is 422. The minimum absolute atomic E-state index is 0.0117. The fraction of sp³-hybridized carbons (Fsp3) is 0.562. The highest BCUT2D eigenvalue weighted by molar-refractivity contribution is 5.76. The highest BCUT2D eigenvalue weighted by Crippen LogP contribution is 2.19. The van der Waals surface area contributed by atoms with Gasteiger partial charge in [0.15, 0.2) is 0 Å². The molecule has 0 saturated heterocycles. The summed E-state index contributed by atoms with van der Waals surface area (Å²) in [5, 5.41) is 12.8. The molecule has 1 amide bonds. The molecule has 4 heteroatoms. The van der Waals surface area contributed by atoms with Crippen LogP contribution in [0.2, 0.25) is 0 Å². The molecule has 3 atom stereocenters. The Morgan fingerprint density at radius 2 is 2.00 bits per heavy atom. The van der Waals surface area contributed by atoms with Crippen LogP contribution in [0.1, 0.15) is 50.1 Å². The second-order valence-corrected chi connectivity index (χ2v) is 5.58. The van der Waals surface area contributed by atoms with Gasteiger partial charge < -0.3 is 16.2 Å². The van der Waals surface area contributed by atoms with Gasteiger partial charge in [-0.15, -0.1) is 0 Å². The molecule has 110 valence electrons. The van der Waals surface area contributed by atoms with Crippen LogP contribution < -0.4 is 11.1 Å². The van der Waals surface area contributed by atoms with Gasteiger partial charge in [-0.25, -0.2) is 0 Å². The molecule has 1 fully saturated rings. The smallest absolute Gasteiger partial charge is 0.220 e. The first-order chi connectivity index (χ1) is 9.66. The molecule has 2 rings (SSSR count). The van der Waals surface area contributed by atoms with Crippen LogP contribution in [-0.4, -0.2) is 23.2 Å². The number of hydrogen-bond acceptors (Lipinski definition) is 3. The Labute approximate surface area is 120 Å². The van der Waals surface area contributed by atoms with Crippen molar-refractivity contribution >= 4 is 5.91 Å². The summed E-state index contributed by atoms with van der Waals surface area (Å²) >= 11 is 0. The zero-order valence-electron chi connectivity index (χ0n) is 11.8. The van der Waals surface area contributed by atoms with Gasteiger partial charge in [0, 0.05) is 12.5 Å². The van der Waals surface area contributed by atoms with Crippen LogP contribution in [-0.2, 0) is 4.79 Å². The standard InChI is InChI=1S/C16H24N2O2/c17-13(12-6-2-1-3-7-12)10-11-16(20)18-14-8-4-5-9-15(14)19/h1-3,6-7,13-15,19H,4-5,8-11,17H2,(H,18,20)/t13?,14-,15-/m0/s1. The minimum Gasteiger partial charge on any atom is -0.391 e. The Morgan fingerprint density at radius 3 is 2.70 bits per heavy atom. The molecule has 1 aliphatic carbocycles. The maximum atomic E-state index is 11.9. The zero-order valence-corrected chi connectivity index (χ0v) is 11.8. The number of amides is 1. The number of nitrogens with one attached hydrogen (secondary N) is 1. The first kappa shape index (κ1) is 15.0. The maximum absolute atomic E-state index is 11.9. The summed E-state index contributed by atoms with van der Waals surface area (Å²) in [6.07, 6.45) is 4.41. The van der Waals surface area contributed by atoms with Crippen molar-refractivity contribution in [3.8, 4) is 0 Å². The number of hydrogen-bond donors (Lipinski definition) is 3. The van der Waals surface area contributed by atoms with Crippen molar-refractivity contribution in [2.24, 2.45) is 5.73 Å². The highest BCUT2D eigenvalue weighted by atomic mass is 16.3. The number of aliphatic hydroxyl groups excluding tert-OH is 1. The third-order valence-corrected chi connectivity index (χ3v) is 3.99. The van der Waals surface area contributed by atoms with E-state index in [0.717, 1.165) is 31.2 Å². The Balaban J connectivity index is 1.74. The minimum atomic E-state index is -0.393. The molecule has 1 aromatic carbocycles. The molecular formula is C16H24N2O2. The van der Waals surface area contributed by atoms with Crippen LogP contribution in [0.25, 0.3) is 0 Å². The highest BCUT2D eigenvalue weighted by Gasteiger charge is 2.24. The number of nitrogens with two attached hydrogens (primary N) is 1. The molecule has 0 spiro atoms. The van der Waals surface area contributed by atoms with Gasteiger partial charge in [-0.1, -0.05) is 43.2 Å². The molecule has 0 aromatic heterocycles. The van der Waals surface area contributed by atoms with E-state index in [1.54, 1.807) is 0 Å². The van der Waals surface area contributed by atoms with E-state index in [4.69, 9.17) is 5.73 Å². The summed E-state index contributed by atoms with van der Waals surface area (Å²) in [4.78, 5) is 11.9. The van der Waals surface area contributed by atoms with Crippen molar-refractivity contribution in [3.63, 3.8) is 0 Å². The molecule has 1 unspecified atom stereocenters. The van der Waals surface area contributed by atoms with Crippen molar-refractivity contribution in [2.75, 3.05) is 0 Å². The number of carbonyl (C=O) groups excluding carboxylic acids is 1. The van der Waals surface area contributed by atoms with Crippen molar-refractivity contribution in [1.29, 1.82) is 0 Å². The molecule has 0 radical (unpaired) electrons. The van der Waals surface area contributed by atoms with Crippen LogP contribution in [0.3, 0.4) is 0 Å². The number of rotatable bonds is 5. The molecule has 1 aliphatic rings. The number of benzene rings is 1. The topological polar surface area (TPSA) is 75.4 Å². The van der Waals surface area contributed by atoms with Crippen molar-refractivity contribution < 1.29 is 9.90 Å². The second kappa shape index (κ2) is 7.41. The maximum Gasteiger partial charge on any atom is 0.220 e. The molecule has 4 nitrogen and oxygen atoms in total. The largest absolute Gasteiger partial charge is 0.391 e. The van der Waals surface area contributed by atoms with Gasteiger partial charge in [-0.05, 0) is 24.8 Å². The van der Waals surface area contributed by atoms with Crippen LogP contribution >= 0.6 is 0 Å². The van der Waals surface area contributed by atoms with Crippen LogP contribution in [0, 0.1) is 0 Å². The predicted molar refractivity (Wildman–Crippen MR) is 79.0 cm³/mol. The fourth-order valence-electron chi connectivity index (χ4n) is 2.71. The van der Waals surface area contributed by atoms with Gasteiger partial charge in [0.25, 0.3) is 0 Å². The summed E-state index contributed by atoms with van der Waals surface area (Å²) in [5.41, 5.74) is 7.13. The molecule has 0 bridgehead atoms. The average Bonchev–Trinajstić information content (AvgIpc) is 2.48. The SMILES string of the molecule is NC(CCC(=O)N[C@H]1CCCC[C@@H]1O)c1ccccc1. The van der Waals surface area contributed by atoms with E-state index in [1.807, 2.05) is 30.3 Å². The van der Waals surface area contributed by atoms with Crippen LogP contribution in [0.5, 0.6) is 0 Å². The third-order valence-electron chi connectivity index (χ3n) is 3.99. The summed E-state index contributed by atoms with van der Waals surface area (Å²) in [7, 11) is 0. The third kappa shape index (κ3) is 4.32. The normalized spacial score (nSPS) is 24.1. The van der Waals surface area contributed by atoms with E-state index < -0.39 is 6.10 Å². The van der Waals surface area contributed by atoms with E-state index in [0.29, 0.717) is 12.8 Å². The predicted octanol–water partition coefficient (Wildman–Crippen LogP) is 1.89. The van der Waals surface area contributed by atoms with Gasteiger partial charge in [0.1, 0.15) is 0 Å². The number of carbonyl (C=O) groups is 1. The van der Waals surface area contributed by atoms with E-state index in [-0.39, 0.29) is 18.0 Å². The fourth-order valence-corrected chi connectivity index (χ4v) is 2.71. The lowest BCUT2D eigenvalue weighted by atomic mass is 9.92. The molecule has 1 aromatic rings. The molecule has 0 aliphatic heterocycles.